The molecule has 0 spiro atoms. The van der Waals surface area contributed by atoms with Crippen LogP contribution >= 0.6 is 0 Å². The average molecular weight is 196 g/mol. The molecule has 1 aliphatic rings. The Kier molecular flexibility index (Phi) is 2.37. The number of rotatable bonds is 4. The van der Waals surface area contributed by atoms with E-state index in [4.69, 9.17) is 10.5 Å². The van der Waals surface area contributed by atoms with E-state index in [0.717, 1.165) is 5.56 Å². The zero-order valence-corrected chi connectivity index (χ0v) is 7.87. The Morgan fingerprint density at radius 3 is 3.00 bits per heavy atom. The van der Waals surface area contributed by atoms with Gasteiger partial charge in [-0.05, 0) is 24.5 Å². The van der Waals surface area contributed by atoms with Gasteiger partial charge in [-0.25, -0.2) is 9.37 Å². The summed E-state index contributed by atoms with van der Waals surface area (Å²) in [6.45, 7) is 0.549. The summed E-state index contributed by atoms with van der Waals surface area (Å²) in [6, 6.07) is 3.56. The van der Waals surface area contributed by atoms with Crippen LogP contribution in [0.3, 0.4) is 0 Å². The topological polar surface area (TPSA) is 48.1 Å². The summed E-state index contributed by atoms with van der Waals surface area (Å²) < 4.78 is 18.4. The van der Waals surface area contributed by atoms with Gasteiger partial charge >= 0.3 is 0 Å². The molecule has 1 aliphatic carbocycles. The highest BCUT2D eigenvalue weighted by atomic mass is 19.1. The Morgan fingerprint density at radius 2 is 2.36 bits per heavy atom. The maximum atomic E-state index is 13.2. The van der Waals surface area contributed by atoms with Crippen molar-refractivity contribution in [3.8, 4) is 5.88 Å². The summed E-state index contributed by atoms with van der Waals surface area (Å²) in [6.07, 6.45) is 2.82. The first kappa shape index (κ1) is 9.40. The number of ether oxygens (including phenoxy) is 1. The minimum absolute atomic E-state index is 0.105. The Labute approximate surface area is 82.1 Å². The van der Waals surface area contributed by atoms with Gasteiger partial charge < -0.3 is 10.5 Å². The molecule has 0 bridgehead atoms. The van der Waals surface area contributed by atoms with Crippen molar-refractivity contribution in [2.24, 2.45) is 5.73 Å². The molecule has 1 saturated carbocycles. The first-order chi connectivity index (χ1) is 6.72. The molecule has 0 amide bonds. The van der Waals surface area contributed by atoms with Gasteiger partial charge in [0.15, 0.2) is 0 Å². The molecular formula is C10H13FN2O. The number of hydrogen-bond acceptors (Lipinski definition) is 3. The molecule has 76 valence electrons. The van der Waals surface area contributed by atoms with E-state index in [-0.39, 0.29) is 6.61 Å². The highest BCUT2D eigenvalue weighted by molar-refractivity contribution is 5.20. The van der Waals surface area contributed by atoms with Crippen molar-refractivity contribution in [3.05, 3.63) is 23.9 Å². The predicted molar refractivity (Wildman–Crippen MR) is 50.7 cm³/mol. The van der Waals surface area contributed by atoms with E-state index < -0.39 is 5.67 Å². The van der Waals surface area contributed by atoms with E-state index in [1.165, 1.54) is 0 Å². The van der Waals surface area contributed by atoms with E-state index in [9.17, 15) is 4.39 Å². The van der Waals surface area contributed by atoms with Gasteiger partial charge in [-0.1, -0.05) is 0 Å². The largest absolute Gasteiger partial charge is 0.474 e. The minimum Gasteiger partial charge on any atom is -0.474 e. The lowest BCUT2D eigenvalue weighted by atomic mass is 10.3. The molecule has 0 aliphatic heterocycles. The molecule has 1 aromatic heterocycles. The third-order valence-corrected chi connectivity index (χ3v) is 2.31. The van der Waals surface area contributed by atoms with Gasteiger partial charge in [0.05, 0.1) is 0 Å². The molecule has 0 unspecified atom stereocenters. The molecule has 0 saturated heterocycles. The molecule has 1 aromatic rings. The average Bonchev–Trinajstić information content (AvgIpc) is 2.95. The second kappa shape index (κ2) is 3.53. The zero-order chi connectivity index (χ0) is 10.0. The van der Waals surface area contributed by atoms with Crippen LogP contribution in [0.2, 0.25) is 0 Å². The van der Waals surface area contributed by atoms with Gasteiger partial charge in [0, 0.05) is 18.8 Å². The summed E-state index contributed by atoms with van der Waals surface area (Å²) in [7, 11) is 0. The Morgan fingerprint density at radius 1 is 1.57 bits per heavy atom. The number of halogens is 1. The van der Waals surface area contributed by atoms with Crippen molar-refractivity contribution in [2.45, 2.75) is 25.1 Å². The maximum absolute atomic E-state index is 13.2. The number of pyridine rings is 1. The third-order valence-electron chi connectivity index (χ3n) is 2.31. The molecule has 2 N–H and O–H groups in total. The minimum atomic E-state index is -1.10. The second-order valence-electron chi connectivity index (χ2n) is 3.65. The zero-order valence-electron chi connectivity index (χ0n) is 7.87. The van der Waals surface area contributed by atoms with Crippen LogP contribution in [-0.4, -0.2) is 17.3 Å². The maximum Gasteiger partial charge on any atom is 0.213 e. The number of nitrogens with two attached hydrogens (primary N) is 1. The van der Waals surface area contributed by atoms with Crippen LogP contribution in [0.5, 0.6) is 5.88 Å². The fraction of sp³-hybridized carbons (Fsp3) is 0.500. The molecule has 1 fully saturated rings. The standard InChI is InChI=1S/C10H13FN2O/c11-10(2-3-10)7-14-9-5-8(6-12)1-4-13-9/h1,4-5H,2-3,6-7,12H2. The number of hydrogen-bond donors (Lipinski definition) is 1. The number of alkyl halides is 1. The molecule has 2 rings (SSSR count). The number of nitrogens with zero attached hydrogens (tertiary/aromatic N) is 1. The Balaban J connectivity index is 1.94. The highest BCUT2D eigenvalue weighted by Gasteiger charge is 2.44. The van der Waals surface area contributed by atoms with Gasteiger partial charge in [-0.2, -0.15) is 0 Å². The lowest BCUT2D eigenvalue weighted by Crippen LogP contribution is -2.14. The molecule has 0 atom stereocenters. The van der Waals surface area contributed by atoms with Crippen LogP contribution < -0.4 is 10.5 Å². The summed E-state index contributed by atoms with van der Waals surface area (Å²) >= 11 is 0. The quantitative estimate of drug-likeness (QED) is 0.792. The predicted octanol–water partition coefficient (Wildman–Crippen LogP) is 1.42. The summed E-state index contributed by atoms with van der Waals surface area (Å²) in [5.41, 5.74) is 5.30. The fourth-order valence-electron chi connectivity index (χ4n) is 1.14. The molecule has 1 heterocycles. The molecule has 14 heavy (non-hydrogen) atoms. The van der Waals surface area contributed by atoms with Crippen molar-refractivity contribution in [2.75, 3.05) is 6.61 Å². The fourth-order valence-corrected chi connectivity index (χ4v) is 1.14. The highest BCUT2D eigenvalue weighted by Crippen LogP contribution is 2.39. The monoisotopic (exact) mass is 196 g/mol. The third kappa shape index (κ3) is 2.20. The van der Waals surface area contributed by atoms with Crippen molar-refractivity contribution in [1.82, 2.24) is 4.98 Å². The van der Waals surface area contributed by atoms with E-state index in [2.05, 4.69) is 4.98 Å². The Bertz CT molecular complexity index is 326. The van der Waals surface area contributed by atoms with E-state index in [0.29, 0.717) is 25.3 Å². The van der Waals surface area contributed by atoms with Crippen molar-refractivity contribution in [3.63, 3.8) is 0 Å². The van der Waals surface area contributed by atoms with Gasteiger partial charge in [-0.3, -0.25) is 0 Å². The van der Waals surface area contributed by atoms with Gasteiger partial charge in [0.2, 0.25) is 5.88 Å². The molecule has 0 aromatic carbocycles. The van der Waals surface area contributed by atoms with Crippen molar-refractivity contribution >= 4 is 0 Å². The summed E-state index contributed by atoms with van der Waals surface area (Å²) in [4.78, 5) is 3.97. The van der Waals surface area contributed by atoms with Gasteiger partial charge in [0.25, 0.3) is 0 Å². The van der Waals surface area contributed by atoms with Crippen LogP contribution in [0, 0.1) is 0 Å². The summed E-state index contributed by atoms with van der Waals surface area (Å²) in [5.74, 6) is 0.455. The van der Waals surface area contributed by atoms with E-state index >= 15 is 0 Å². The van der Waals surface area contributed by atoms with Gasteiger partial charge in [0.1, 0.15) is 12.3 Å². The normalized spacial score (nSPS) is 17.9. The van der Waals surface area contributed by atoms with Crippen LogP contribution in [0.25, 0.3) is 0 Å². The lowest BCUT2D eigenvalue weighted by Gasteiger charge is -2.08. The lowest BCUT2D eigenvalue weighted by molar-refractivity contribution is 0.172. The van der Waals surface area contributed by atoms with E-state index in [1.54, 1.807) is 12.3 Å². The smallest absolute Gasteiger partial charge is 0.213 e. The van der Waals surface area contributed by atoms with E-state index in [1.807, 2.05) is 6.07 Å². The van der Waals surface area contributed by atoms with Crippen molar-refractivity contribution in [1.29, 1.82) is 0 Å². The molecule has 3 nitrogen and oxygen atoms in total. The second-order valence-corrected chi connectivity index (χ2v) is 3.65. The van der Waals surface area contributed by atoms with Crippen molar-refractivity contribution < 1.29 is 9.13 Å². The van der Waals surface area contributed by atoms with Gasteiger partial charge in [-0.15, -0.1) is 0 Å². The Hall–Kier alpha value is -1.16. The molecular weight excluding hydrogens is 183 g/mol. The first-order valence-corrected chi connectivity index (χ1v) is 4.69. The van der Waals surface area contributed by atoms with Crippen LogP contribution in [0.4, 0.5) is 4.39 Å². The first-order valence-electron chi connectivity index (χ1n) is 4.69. The molecule has 0 radical (unpaired) electrons. The van der Waals surface area contributed by atoms with Crippen LogP contribution in [0.15, 0.2) is 18.3 Å². The van der Waals surface area contributed by atoms with Crippen LogP contribution in [-0.2, 0) is 6.54 Å². The molecule has 4 heteroatoms. The number of aromatic nitrogens is 1. The van der Waals surface area contributed by atoms with Crippen LogP contribution in [0.1, 0.15) is 18.4 Å². The SMILES string of the molecule is NCc1ccnc(OCC2(F)CC2)c1. The summed E-state index contributed by atoms with van der Waals surface area (Å²) in [5, 5.41) is 0.